The van der Waals surface area contributed by atoms with Gasteiger partial charge in [0, 0.05) is 4.90 Å². The van der Waals surface area contributed by atoms with Gasteiger partial charge in [-0.3, -0.25) is 0 Å². The Hall–Kier alpha value is -2.54. The molecule has 0 aliphatic carbocycles. The zero-order valence-corrected chi connectivity index (χ0v) is 12.5. The molecule has 112 valence electrons. The van der Waals surface area contributed by atoms with E-state index in [4.69, 9.17) is 13.6 Å². The summed E-state index contributed by atoms with van der Waals surface area (Å²) < 4.78 is 15.6. The first kappa shape index (κ1) is 14.4. The molecule has 2 aromatic heterocycles. The number of benzene rings is 1. The first-order valence-corrected chi connectivity index (χ1v) is 7.66. The maximum Gasteiger partial charge on any atom is 0.338 e. The molecule has 0 spiro atoms. The Morgan fingerprint density at radius 1 is 1.23 bits per heavy atom. The lowest BCUT2D eigenvalue weighted by Crippen LogP contribution is -2.05. The van der Waals surface area contributed by atoms with Gasteiger partial charge in [-0.2, -0.15) is 0 Å². The summed E-state index contributed by atoms with van der Waals surface area (Å²) in [6, 6.07) is 10.6. The fourth-order valence-electron chi connectivity index (χ4n) is 1.75. The maximum atomic E-state index is 11.9. The smallest absolute Gasteiger partial charge is 0.338 e. The molecule has 2 heterocycles. The van der Waals surface area contributed by atoms with Crippen LogP contribution in [0.4, 0.5) is 0 Å². The fourth-order valence-corrected chi connectivity index (χ4v) is 2.16. The number of carbonyl (C=O) groups excluding carboxylic acids is 1. The van der Waals surface area contributed by atoms with E-state index in [0.717, 1.165) is 4.90 Å². The van der Waals surface area contributed by atoms with Crippen molar-refractivity contribution in [3.63, 3.8) is 0 Å². The molecule has 0 unspecified atom stereocenters. The summed E-state index contributed by atoms with van der Waals surface area (Å²) in [5.41, 5.74) is 0.476. The van der Waals surface area contributed by atoms with Crippen molar-refractivity contribution in [2.45, 2.75) is 11.5 Å². The summed E-state index contributed by atoms with van der Waals surface area (Å²) in [6.45, 7) is -0.0865. The normalized spacial score (nSPS) is 10.6. The first-order chi connectivity index (χ1) is 10.8. The Morgan fingerprint density at radius 3 is 2.73 bits per heavy atom. The standard InChI is InChI=1S/C15H12N2O4S/c1-22-11-6-4-10(5-7-11)15(18)20-9-13-16-17-14(21-13)12-3-2-8-19-12/h2-8H,9H2,1H3. The predicted octanol–water partition coefficient (Wildman–Crippen LogP) is 3.41. The third-order valence-electron chi connectivity index (χ3n) is 2.85. The minimum absolute atomic E-state index is 0.0865. The van der Waals surface area contributed by atoms with Crippen LogP contribution < -0.4 is 0 Å². The molecule has 0 saturated carbocycles. The number of rotatable bonds is 5. The molecule has 22 heavy (non-hydrogen) atoms. The van der Waals surface area contributed by atoms with Gasteiger partial charge in [0.15, 0.2) is 12.4 Å². The number of ether oxygens (including phenoxy) is 1. The summed E-state index contributed by atoms with van der Waals surface area (Å²) in [4.78, 5) is 13.0. The fraction of sp³-hybridized carbons (Fsp3) is 0.133. The highest BCUT2D eigenvalue weighted by Crippen LogP contribution is 2.19. The van der Waals surface area contributed by atoms with Crippen LogP contribution in [0, 0.1) is 0 Å². The Morgan fingerprint density at radius 2 is 2.05 bits per heavy atom. The van der Waals surface area contributed by atoms with Crippen molar-refractivity contribution in [2.75, 3.05) is 6.26 Å². The Kier molecular flexibility index (Phi) is 4.24. The van der Waals surface area contributed by atoms with Gasteiger partial charge in [-0.15, -0.1) is 22.0 Å². The topological polar surface area (TPSA) is 78.4 Å². The number of thioether (sulfide) groups is 1. The average Bonchev–Trinajstić information content (AvgIpc) is 3.23. The van der Waals surface area contributed by atoms with Gasteiger partial charge in [0.1, 0.15) is 0 Å². The van der Waals surface area contributed by atoms with Crippen molar-refractivity contribution in [1.82, 2.24) is 10.2 Å². The van der Waals surface area contributed by atoms with Gasteiger partial charge >= 0.3 is 5.97 Å². The second kappa shape index (κ2) is 6.48. The van der Waals surface area contributed by atoms with E-state index < -0.39 is 5.97 Å². The van der Waals surface area contributed by atoms with Gasteiger partial charge in [-0.25, -0.2) is 4.79 Å². The van der Waals surface area contributed by atoms with Crippen molar-refractivity contribution in [1.29, 1.82) is 0 Å². The molecule has 0 bridgehead atoms. The molecular formula is C15H12N2O4S. The molecule has 0 amide bonds. The Labute approximate surface area is 130 Å². The van der Waals surface area contributed by atoms with Gasteiger partial charge in [0.05, 0.1) is 11.8 Å². The molecule has 1 aromatic carbocycles. The number of aromatic nitrogens is 2. The molecule has 0 fully saturated rings. The van der Waals surface area contributed by atoms with Gasteiger partial charge < -0.3 is 13.6 Å². The molecular weight excluding hydrogens is 304 g/mol. The van der Waals surface area contributed by atoms with Gasteiger partial charge in [0.2, 0.25) is 0 Å². The second-order valence-corrected chi connectivity index (χ2v) is 5.16. The molecule has 7 heteroatoms. The minimum atomic E-state index is -0.439. The molecule has 3 rings (SSSR count). The quantitative estimate of drug-likeness (QED) is 0.527. The molecule has 0 atom stereocenters. The highest BCUT2D eigenvalue weighted by molar-refractivity contribution is 7.98. The van der Waals surface area contributed by atoms with Crippen LogP contribution >= 0.6 is 11.8 Å². The molecule has 6 nitrogen and oxygen atoms in total. The largest absolute Gasteiger partial charge is 0.459 e. The first-order valence-electron chi connectivity index (χ1n) is 6.43. The van der Waals surface area contributed by atoms with Crippen molar-refractivity contribution < 1.29 is 18.4 Å². The number of esters is 1. The SMILES string of the molecule is CSc1ccc(C(=O)OCc2nnc(-c3ccco3)o2)cc1. The van der Waals surface area contributed by atoms with Crippen LogP contribution in [-0.4, -0.2) is 22.4 Å². The van der Waals surface area contributed by atoms with Crippen LogP contribution in [0.3, 0.4) is 0 Å². The van der Waals surface area contributed by atoms with Crippen LogP contribution in [-0.2, 0) is 11.3 Å². The van der Waals surface area contributed by atoms with E-state index in [2.05, 4.69) is 10.2 Å². The zero-order chi connectivity index (χ0) is 15.4. The van der Waals surface area contributed by atoms with Crippen LogP contribution in [0.5, 0.6) is 0 Å². The lowest BCUT2D eigenvalue weighted by Gasteiger charge is -2.02. The van der Waals surface area contributed by atoms with E-state index in [-0.39, 0.29) is 18.4 Å². The average molecular weight is 316 g/mol. The van der Waals surface area contributed by atoms with E-state index in [1.54, 1.807) is 36.0 Å². The molecule has 0 N–H and O–H groups in total. The van der Waals surface area contributed by atoms with E-state index in [0.29, 0.717) is 11.3 Å². The number of hydrogen-bond donors (Lipinski definition) is 0. The zero-order valence-electron chi connectivity index (χ0n) is 11.7. The summed E-state index contributed by atoms with van der Waals surface area (Å²) in [5.74, 6) is 0.490. The van der Waals surface area contributed by atoms with E-state index in [1.165, 1.54) is 6.26 Å². The number of carbonyl (C=O) groups is 1. The van der Waals surface area contributed by atoms with Crippen molar-refractivity contribution >= 4 is 17.7 Å². The van der Waals surface area contributed by atoms with Crippen molar-refractivity contribution in [2.24, 2.45) is 0 Å². The van der Waals surface area contributed by atoms with E-state index in [9.17, 15) is 4.79 Å². The van der Waals surface area contributed by atoms with Gasteiger partial charge in [-0.1, -0.05) is 0 Å². The molecule has 0 aliphatic heterocycles. The molecule has 0 aliphatic rings. The lowest BCUT2D eigenvalue weighted by molar-refractivity contribution is 0.0438. The molecule has 0 radical (unpaired) electrons. The highest BCUT2D eigenvalue weighted by Gasteiger charge is 2.13. The Balaban J connectivity index is 1.61. The van der Waals surface area contributed by atoms with Crippen molar-refractivity contribution in [3.05, 3.63) is 54.1 Å². The Bertz CT molecular complexity index is 750. The van der Waals surface area contributed by atoms with Gasteiger partial charge in [-0.05, 0) is 42.7 Å². The van der Waals surface area contributed by atoms with E-state index in [1.807, 2.05) is 18.4 Å². The number of nitrogens with zero attached hydrogens (tertiary/aromatic N) is 2. The number of furan rings is 1. The monoisotopic (exact) mass is 316 g/mol. The minimum Gasteiger partial charge on any atom is -0.459 e. The maximum absolute atomic E-state index is 11.9. The van der Waals surface area contributed by atoms with Gasteiger partial charge in [0.25, 0.3) is 11.8 Å². The summed E-state index contributed by atoms with van der Waals surface area (Å²) >= 11 is 1.61. The third-order valence-corrected chi connectivity index (χ3v) is 3.59. The third kappa shape index (κ3) is 3.20. The van der Waals surface area contributed by atoms with Crippen LogP contribution in [0.2, 0.25) is 0 Å². The molecule has 0 saturated heterocycles. The van der Waals surface area contributed by atoms with Crippen LogP contribution in [0.1, 0.15) is 16.2 Å². The lowest BCUT2D eigenvalue weighted by atomic mass is 10.2. The van der Waals surface area contributed by atoms with Crippen LogP contribution in [0.25, 0.3) is 11.7 Å². The summed E-state index contributed by atoms with van der Waals surface area (Å²) in [5, 5.41) is 7.64. The van der Waals surface area contributed by atoms with Crippen molar-refractivity contribution in [3.8, 4) is 11.7 Å². The number of hydrogen-bond acceptors (Lipinski definition) is 7. The van der Waals surface area contributed by atoms with E-state index >= 15 is 0 Å². The second-order valence-electron chi connectivity index (χ2n) is 4.28. The summed E-state index contributed by atoms with van der Waals surface area (Å²) in [7, 11) is 0. The highest BCUT2D eigenvalue weighted by atomic mass is 32.2. The summed E-state index contributed by atoms with van der Waals surface area (Å²) in [6.07, 6.45) is 3.48. The predicted molar refractivity (Wildman–Crippen MR) is 79.3 cm³/mol. The van der Waals surface area contributed by atoms with Crippen LogP contribution in [0.15, 0.2) is 56.4 Å². The molecule has 3 aromatic rings.